The summed E-state index contributed by atoms with van der Waals surface area (Å²) in [5.74, 6) is 0. The Bertz CT molecular complexity index is 1210. The van der Waals surface area contributed by atoms with Crippen LogP contribution in [0, 0.1) is 13.8 Å². The van der Waals surface area contributed by atoms with E-state index in [4.69, 9.17) is 0 Å². The quantitative estimate of drug-likeness (QED) is 0.318. The van der Waals surface area contributed by atoms with Crippen LogP contribution in [0.1, 0.15) is 33.6 Å². The standard InChI is InChI=1S/C26H21N/c1-16-24-20-12-6-9-15-23(20)26(25(24)17(2)27(16)3)21-13-7-4-10-18(21)19-11-5-8-14-22(19)26/h4-15H,1-3H3. The fourth-order valence-corrected chi connectivity index (χ4v) is 5.69. The third kappa shape index (κ3) is 1.50. The Balaban J connectivity index is 1.91. The Labute approximate surface area is 159 Å². The first-order valence-electron chi connectivity index (χ1n) is 9.63. The zero-order valence-corrected chi connectivity index (χ0v) is 15.9. The Morgan fingerprint density at radius 1 is 0.593 bits per heavy atom. The van der Waals surface area contributed by atoms with E-state index in [0.29, 0.717) is 0 Å². The van der Waals surface area contributed by atoms with E-state index in [0.717, 1.165) is 0 Å². The molecule has 27 heavy (non-hydrogen) atoms. The van der Waals surface area contributed by atoms with Gasteiger partial charge in [0.25, 0.3) is 0 Å². The number of rotatable bonds is 0. The molecule has 1 nitrogen and oxygen atoms in total. The van der Waals surface area contributed by atoms with Crippen LogP contribution in [0.5, 0.6) is 0 Å². The fraction of sp³-hybridized carbons (Fsp3) is 0.154. The van der Waals surface area contributed by atoms with E-state index < -0.39 is 0 Å². The summed E-state index contributed by atoms with van der Waals surface area (Å²) in [5, 5.41) is 0. The van der Waals surface area contributed by atoms with E-state index in [2.05, 4.69) is 98.3 Å². The molecule has 4 aromatic rings. The molecule has 6 rings (SSSR count). The highest BCUT2D eigenvalue weighted by Crippen LogP contribution is 2.64. The first-order valence-corrected chi connectivity index (χ1v) is 9.63. The van der Waals surface area contributed by atoms with E-state index >= 15 is 0 Å². The molecule has 2 aliphatic rings. The highest BCUT2D eigenvalue weighted by Gasteiger charge is 2.53. The van der Waals surface area contributed by atoms with Gasteiger partial charge in [-0.1, -0.05) is 72.8 Å². The molecule has 1 spiro atoms. The minimum Gasteiger partial charge on any atom is -0.351 e. The van der Waals surface area contributed by atoms with Gasteiger partial charge in [-0.25, -0.2) is 0 Å². The summed E-state index contributed by atoms with van der Waals surface area (Å²) in [5.41, 5.74) is 13.8. The summed E-state index contributed by atoms with van der Waals surface area (Å²) < 4.78 is 2.37. The third-order valence-corrected chi connectivity index (χ3v) is 6.91. The van der Waals surface area contributed by atoms with Crippen LogP contribution in [0.3, 0.4) is 0 Å². The lowest BCUT2D eigenvalue weighted by atomic mass is 9.70. The van der Waals surface area contributed by atoms with Gasteiger partial charge in [0.05, 0.1) is 5.41 Å². The zero-order chi connectivity index (χ0) is 18.3. The maximum absolute atomic E-state index is 2.37. The molecule has 0 bridgehead atoms. The lowest BCUT2D eigenvalue weighted by Gasteiger charge is -2.30. The van der Waals surface area contributed by atoms with Crippen molar-refractivity contribution >= 4 is 0 Å². The number of benzene rings is 3. The number of fused-ring (bicyclic) bond motifs is 10. The van der Waals surface area contributed by atoms with Crippen LogP contribution in [0.4, 0.5) is 0 Å². The zero-order valence-electron chi connectivity index (χ0n) is 15.9. The van der Waals surface area contributed by atoms with Crippen LogP contribution in [0.25, 0.3) is 22.3 Å². The van der Waals surface area contributed by atoms with Gasteiger partial charge in [0.1, 0.15) is 0 Å². The molecule has 1 heterocycles. The molecule has 0 N–H and O–H groups in total. The Morgan fingerprint density at radius 2 is 1.04 bits per heavy atom. The molecule has 0 fully saturated rings. The third-order valence-electron chi connectivity index (χ3n) is 6.91. The molecule has 1 heteroatoms. The Kier molecular flexibility index (Phi) is 2.68. The predicted molar refractivity (Wildman–Crippen MR) is 111 cm³/mol. The van der Waals surface area contributed by atoms with Crippen molar-refractivity contribution in [2.24, 2.45) is 7.05 Å². The molecular weight excluding hydrogens is 326 g/mol. The highest BCUT2D eigenvalue weighted by molar-refractivity contribution is 5.96. The van der Waals surface area contributed by atoms with Crippen LogP contribution < -0.4 is 0 Å². The van der Waals surface area contributed by atoms with Gasteiger partial charge in [0.2, 0.25) is 0 Å². The minimum atomic E-state index is -0.199. The summed E-state index contributed by atoms with van der Waals surface area (Å²) in [4.78, 5) is 0. The van der Waals surface area contributed by atoms with Gasteiger partial charge in [-0.15, -0.1) is 0 Å². The Morgan fingerprint density at radius 3 is 1.59 bits per heavy atom. The smallest absolute Gasteiger partial charge is 0.0743 e. The summed E-state index contributed by atoms with van der Waals surface area (Å²) in [6.07, 6.45) is 0. The number of nitrogens with zero attached hydrogens (tertiary/aromatic N) is 1. The molecule has 0 unspecified atom stereocenters. The lowest BCUT2D eigenvalue weighted by Crippen LogP contribution is -2.26. The first kappa shape index (κ1) is 15.0. The van der Waals surface area contributed by atoms with E-state index in [9.17, 15) is 0 Å². The van der Waals surface area contributed by atoms with Crippen molar-refractivity contribution in [2.45, 2.75) is 19.3 Å². The van der Waals surface area contributed by atoms with Crippen molar-refractivity contribution < 1.29 is 0 Å². The monoisotopic (exact) mass is 347 g/mol. The second-order valence-electron chi connectivity index (χ2n) is 7.87. The molecule has 130 valence electrons. The van der Waals surface area contributed by atoms with E-state index in [-0.39, 0.29) is 5.41 Å². The van der Waals surface area contributed by atoms with E-state index in [1.807, 2.05) is 0 Å². The summed E-state index contributed by atoms with van der Waals surface area (Å²) >= 11 is 0. The summed E-state index contributed by atoms with van der Waals surface area (Å²) in [6, 6.07) is 27.0. The molecule has 1 aromatic heterocycles. The number of hydrogen-bond donors (Lipinski definition) is 0. The van der Waals surface area contributed by atoms with Gasteiger partial charge in [-0.3, -0.25) is 0 Å². The molecule has 0 aliphatic heterocycles. The van der Waals surface area contributed by atoms with Gasteiger partial charge >= 0.3 is 0 Å². The van der Waals surface area contributed by atoms with Crippen LogP contribution in [0.15, 0.2) is 72.8 Å². The molecule has 0 amide bonds. The van der Waals surface area contributed by atoms with Crippen molar-refractivity contribution in [1.29, 1.82) is 0 Å². The number of hydrogen-bond acceptors (Lipinski definition) is 0. The average molecular weight is 347 g/mol. The van der Waals surface area contributed by atoms with Crippen LogP contribution in [-0.2, 0) is 12.5 Å². The molecular formula is C26H21N. The molecule has 0 saturated carbocycles. The highest BCUT2D eigenvalue weighted by atomic mass is 15.0. The van der Waals surface area contributed by atoms with Crippen molar-refractivity contribution in [2.75, 3.05) is 0 Å². The summed E-state index contributed by atoms with van der Waals surface area (Å²) in [7, 11) is 2.20. The maximum atomic E-state index is 2.37. The van der Waals surface area contributed by atoms with Gasteiger partial charge in [-0.2, -0.15) is 0 Å². The van der Waals surface area contributed by atoms with Crippen molar-refractivity contribution in [3.05, 3.63) is 106 Å². The first-order chi connectivity index (χ1) is 13.2. The van der Waals surface area contributed by atoms with Crippen LogP contribution in [-0.4, -0.2) is 4.57 Å². The molecule has 2 aliphatic carbocycles. The van der Waals surface area contributed by atoms with Crippen LogP contribution in [0.2, 0.25) is 0 Å². The minimum absolute atomic E-state index is 0.199. The predicted octanol–water partition coefficient (Wildman–Crippen LogP) is 5.99. The Hall–Kier alpha value is -3.06. The SMILES string of the molecule is Cc1c2c(c(C)n1C)C1(c3ccccc3-c3ccccc31)c1ccccc1-2. The van der Waals surface area contributed by atoms with Gasteiger partial charge in [0, 0.05) is 29.6 Å². The number of aromatic nitrogens is 1. The normalized spacial score (nSPS) is 14.8. The molecule has 0 atom stereocenters. The largest absolute Gasteiger partial charge is 0.351 e. The van der Waals surface area contributed by atoms with E-state index in [1.165, 1.54) is 55.9 Å². The molecule has 0 saturated heterocycles. The second kappa shape index (κ2) is 4.80. The van der Waals surface area contributed by atoms with Gasteiger partial charge in [-0.05, 0) is 47.2 Å². The van der Waals surface area contributed by atoms with Gasteiger partial charge in [0.15, 0.2) is 0 Å². The average Bonchev–Trinajstić information content (AvgIpc) is 3.27. The van der Waals surface area contributed by atoms with Crippen molar-refractivity contribution in [3.63, 3.8) is 0 Å². The fourth-order valence-electron chi connectivity index (χ4n) is 5.69. The molecule has 0 radical (unpaired) electrons. The van der Waals surface area contributed by atoms with Crippen molar-refractivity contribution in [1.82, 2.24) is 4.57 Å². The van der Waals surface area contributed by atoms with Gasteiger partial charge < -0.3 is 4.57 Å². The topological polar surface area (TPSA) is 4.93 Å². The van der Waals surface area contributed by atoms with E-state index in [1.54, 1.807) is 0 Å². The lowest BCUT2D eigenvalue weighted by molar-refractivity contribution is 0.757. The second-order valence-corrected chi connectivity index (χ2v) is 7.87. The molecule has 3 aromatic carbocycles. The maximum Gasteiger partial charge on any atom is 0.0743 e. The van der Waals surface area contributed by atoms with Crippen molar-refractivity contribution in [3.8, 4) is 22.3 Å². The van der Waals surface area contributed by atoms with Crippen LogP contribution >= 0.6 is 0 Å². The summed E-state index contributed by atoms with van der Waals surface area (Å²) in [6.45, 7) is 4.54.